The van der Waals surface area contributed by atoms with Crippen LogP contribution in [0.5, 0.6) is 0 Å². The number of rotatable bonds is 1. The first kappa shape index (κ1) is 11.1. The maximum Gasteiger partial charge on any atom is 0.215 e. The predicted octanol–water partition coefficient (Wildman–Crippen LogP) is 0.780. The smallest absolute Gasteiger partial charge is 0.215 e. The molecule has 0 aromatic carbocycles. The van der Waals surface area contributed by atoms with Crippen molar-refractivity contribution in [2.24, 2.45) is 5.41 Å². The Hall–Kier alpha value is -0.420. The Kier molecular flexibility index (Phi) is 2.43. The molecule has 2 aliphatic rings. The van der Waals surface area contributed by atoms with Crippen molar-refractivity contribution in [1.82, 2.24) is 4.31 Å². The second-order valence-corrected chi connectivity index (χ2v) is 7.22. The van der Waals surface area contributed by atoms with Gasteiger partial charge in [-0.15, -0.1) is 0 Å². The minimum atomic E-state index is -3.04. The number of carbonyl (C=O) groups is 1. The summed E-state index contributed by atoms with van der Waals surface area (Å²) in [7, 11) is -3.04. The molecular weight excluding hydrogens is 214 g/mol. The van der Waals surface area contributed by atoms with E-state index in [1.54, 1.807) is 0 Å². The van der Waals surface area contributed by atoms with E-state index in [9.17, 15) is 13.2 Å². The quantitative estimate of drug-likeness (QED) is 0.670. The lowest BCUT2D eigenvalue weighted by Gasteiger charge is -2.47. The van der Waals surface area contributed by atoms with Gasteiger partial charge in [0.25, 0.3) is 0 Å². The molecule has 0 bridgehead atoms. The Morgan fingerprint density at radius 1 is 1.40 bits per heavy atom. The van der Waals surface area contributed by atoms with Crippen LogP contribution in [0.2, 0.25) is 0 Å². The summed E-state index contributed by atoms with van der Waals surface area (Å²) in [6.45, 7) is 4.69. The van der Waals surface area contributed by atoms with Crippen LogP contribution in [0.1, 0.15) is 33.1 Å². The Morgan fingerprint density at radius 2 is 2.07 bits per heavy atom. The van der Waals surface area contributed by atoms with Crippen LogP contribution in [0.15, 0.2) is 0 Å². The highest BCUT2D eigenvalue weighted by Crippen LogP contribution is 2.40. The highest BCUT2D eigenvalue weighted by molar-refractivity contribution is 7.90. The van der Waals surface area contributed by atoms with E-state index in [1.165, 1.54) is 4.31 Å². The van der Waals surface area contributed by atoms with Gasteiger partial charge in [-0.25, -0.2) is 8.42 Å². The van der Waals surface area contributed by atoms with Crippen LogP contribution in [-0.2, 0) is 14.8 Å². The molecule has 15 heavy (non-hydrogen) atoms. The molecule has 0 radical (unpaired) electrons. The zero-order valence-electron chi connectivity index (χ0n) is 9.19. The lowest BCUT2D eigenvalue weighted by molar-refractivity contribution is -0.124. The molecule has 86 valence electrons. The maximum absolute atomic E-state index is 11.5. The Balaban J connectivity index is 2.22. The molecule has 2 fully saturated rings. The lowest BCUT2D eigenvalue weighted by Crippen LogP contribution is -2.59. The average molecular weight is 231 g/mol. The summed E-state index contributed by atoms with van der Waals surface area (Å²) in [5.74, 6) is 0.440. The second kappa shape index (κ2) is 3.28. The third kappa shape index (κ3) is 1.83. The molecule has 0 spiro atoms. The SMILES string of the molecule is CC1(C)CCC(=O)CC1N1CCS1(=O)=O. The van der Waals surface area contributed by atoms with Crippen LogP contribution in [0, 0.1) is 5.41 Å². The number of hydrogen-bond acceptors (Lipinski definition) is 3. The van der Waals surface area contributed by atoms with Crippen molar-refractivity contribution in [2.75, 3.05) is 12.3 Å². The highest BCUT2D eigenvalue weighted by Gasteiger charge is 2.47. The summed E-state index contributed by atoms with van der Waals surface area (Å²) in [5, 5.41) is 0. The summed E-state index contributed by atoms with van der Waals surface area (Å²) < 4.78 is 24.6. The molecule has 1 saturated carbocycles. The van der Waals surface area contributed by atoms with Gasteiger partial charge in [0.2, 0.25) is 10.0 Å². The molecule has 0 aromatic rings. The standard InChI is InChI=1S/C10H17NO3S/c1-10(2)4-3-8(12)7-9(10)11-5-6-15(11,13)14/h9H,3-7H2,1-2H3. The van der Waals surface area contributed by atoms with E-state index in [0.717, 1.165) is 6.42 Å². The summed E-state index contributed by atoms with van der Waals surface area (Å²) in [6.07, 6.45) is 1.78. The molecule has 4 nitrogen and oxygen atoms in total. The molecule has 1 saturated heterocycles. The van der Waals surface area contributed by atoms with Gasteiger partial charge in [0, 0.05) is 25.4 Å². The fourth-order valence-electron chi connectivity index (χ4n) is 2.41. The first-order valence-electron chi connectivity index (χ1n) is 5.34. The lowest BCUT2D eigenvalue weighted by atomic mass is 9.73. The summed E-state index contributed by atoms with van der Waals surface area (Å²) in [5.41, 5.74) is -0.0681. The minimum absolute atomic E-state index is 0.0681. The fourth-order valence-corrected chi connectivity index (χ4v) is 3.85. The first-order chi connectivity index (χ1) is 6.83. The van der Waals surface area contributed by atoms with Gasteiger partial charge in [-0.2, -0.15) is 4.31 Å². The third-order valence-electron chi connectivity index (χ3n) is 3.65. The molecule has 1 unspecified atom stereocenters. The molecule has 1 aliphatic carbocycles. The predicted molar refractivity (Wildman–Crippen MR) is 56.9 cm³/mol. The van der Waals surface area contributed by atoms with Crippen LogP contribution in [0.25, 0.3) is 0 Å². The van der Waals surface area contributed by atoms with Crippen molar-refractivity contribution in [3.63, 3.8) is 0 Å². The molecule has 5 heteroatoms. The van der Waals surface area contributed by atoms with Crippen LogP contribution >= 0.6 is 0 Å². The van der Waals surface area contributed by atoms with E-state index in [2.05, 4.69) is 13.8 Å². The summed E-state index contributed by atoms with van der Waals surface area (Å²) in [4.78, 5) is 11.4. The van der Waals surface area contributed by atoms with Gasteiger partial charge < -0.3 is 0 Å². The monoisotopic (exact) mass is 231 g/mol. The number of nitrogens with zero attached hydrogens (tertiary/aromatic N) is 1. The number of carbonyl (C=O) groups excluding carboxylic acids is 1. The first-order valence-corrected chi connectivity index (χ1v) is 6.95. The highest BCUT2D eigenvalue weighted by atomic mass is 32.2. The molecule has 0 N–H and O–H groups in total. The Morgan fingerprint density at radius 3 is 2.53 bits per heavy atom. The molecule has 1 heterocycles. The van der Waals surface area contributed by atoms with Crippen LogP contribution in [0.3, 0.4) is 0 Å². The largest absolute Gasteiger partial charge is 0.300 e. The van der Waals surface area contributed by atoms with Crippen molar-refractivity contribution >= 4 is 15.8 Å². The van der Waals surface area contributed by atoms with E-state index < -0.39 is 10.0 Å². The minimum Gasteiger partial charge on any atom is -0.300 e. The van der Waals surface area contributed by atoms with Crippen LogP contribution in [-0.4, -0.2) is 36.8 Å². The topological polar surface area (TPSA) is 54.5 Å². The molecule has 1 aliphatic heterocycles. The molecule has 2 rings (SSSR count). The van der Waals surface area contributed by atoms with Crippen molar-refractivity contribution in [1.29, 1.82) is 0 Å². The van der Waals surface area contributed by atoms with Gasteiger partial charge in [0.1, 0.15) is 5.78 Å². The van der Waals surface area contributed by atoms with E-state index in [1.807, 2.05) is 0 Å². The van der Waals surface area contributed by atoms with Gasteiger partial charge >= 0.3 is 0 Å². The Labute approximate surface area is 90.7 Å². The van der Waals surface area contributed by atoms with E-state index in [-0.39, 0.29) is 23.0 Å². The number of Topliss-reactive ketones (excluding diaryl/α,β-unsaturated/α-hetero) is 1. The third-order valence-corrected chi connectivity index (χ3v) is 5.50. The molecule has 0 amide bonds. The Bertz CT molecular complexity index is 385. The fraction of sp³-hybridized carbons (Fsp3) is 0.900. The molecule has 1 atom stereocenters. The number of sulfonamides is 1. The van der Waals surface area contributed by atoms with E-state index in [4.69, 9.17) is 0 Å². The van der Waals surface area contributed by atoms with E-state index >= 15 is 0 Å². The molecule has 0 aromatic heterocycles. The zero-order chi connectivity index (χ0) is 11.3. The van der Waals surface area contributed by atoms with Gasteiger partial charge in [0.15, 0.2) is 0 Å². The average Bonchev–Trinajstić information content (AvgIpc) is 2.10. The van der Waals surface area contributed by atoms with Gasteiger partial charge in [-0.1, -0.05) is 13.8 Å². The van der Waals surface area contributed by atoms with Crippen molar-refractivity contribution in [3.05, 3.63) is 0 Å². The summed E-state index contributed by atoms with van der Waals surface area (Å²) >= 11 is 0. The van der Waals surface area contributed by atoms with Gasteiger partial charge in [0.05, 0.1) is 5.75 Å². The van der Waals surface area contributed by atoms with Gasteiger partial charge in [-0.05, 0) is 11.8 Å². The summed E-state index contributed by atoms with van der Waals surface area (Å²) in [6, 6.07) is -0.113. The van der Waals surface area contributed by atoms with Gasteiger partial charge in [-0.3, -0.25) is 4.79 Å². The molecular formula is C10H17NO3S. The van der Waals surface area contributed by atoms with Crippen LogP contribution < -0.4 is 0 Å². The normalized spacial score (nSPS) is 34.8. The van der Waals surface area contributed by atoms with Crippen molar-refractivity contribution < 1.29 is 13.2 Å². The van der Waals surface area contributed by atoms with Crippen LogP contribution in [0.4, 0.5) is 0 Å². The number of hydrogen-bond donors (Lipinski definition) is 0. The number of ketones is 1. The van der Waals surface area contributed by atoms with E-state index in [0.29, 0.717) is 19.4 Å². The zero-order valence-corrected chi connectivity index (χ0v) is 10.0. The van der Waals surface area contributed by atoms with Crippen molar-refractivity contribution in [3.8, 4) is 0 Å². The van der Waals surface area contributed by atoms with Crippen molar-refractivity contribution in [2.45, 2.75) is 39.2 Å². The second-order valence-electron chi connectivity index (χ2n) is 5.17. The maximum atomic E-state index is 11.5.